The first-order chi connectivity index (χ1) is 31.7. The van der Waals surface area contributed by atoms with Gasteiger partial charge in [-0.1, -0.05) is 133 Å². The fraction of sp³-hybridized carbons (Fsp3) is 0. The van der Waals surface area contributed by atoms with E-state index in [0.717, 1.165) is 43.8 Å². The van der Waals surface area contributed by atoms with Gasteiger partial charge < -0.3 is 4.57 Å². The second-order valence-corrected chi connectivity index (χ2v) is 18.7. The van der Waals surface area contributed by atoms with Crippen LogP contribution in [0.3, 0.4) is 0 Å². The number of nitrogens with zero attached hydrogens (tertiary/aromatic N) is 4. The summed E-state index contributed by atoms with van der Waals surface area (Å²) in [5.41, 5.74) is 12.2. The highest BCUT2D eigenvalue weighted by atomic mass is 32.1. The number of benzene rings is 9. The van der Waals surface area contributed by atoms with E-state index in [1.54, 1.807) is 11.3 Å². The van der Waals surface area contributed by atoms with Crippen molar-refractivity contribution in [3.63, 3.8) is 0 Å². The predicted octanol–water partition coefficient (Wildman–Crippen LogP) is 16.4. The Bertz CT molecular complexity index is 4190. The van der Waals surface area contributed by atoms with Crippen LogP contribution in [0.25, 0.3) is 129 Å². The fourth-order valence-electron chi connectivity index (χ4n) is 10.0. The highest BCUT2D eigenvalue weighted by Gasteiger charge is 2.22. The highest BCUT2D eigenvalue weighted by Crippen LogP contribution is 2.44. The van der Waals surface area contributed by atoms with E-state index in [9.17, 15) is 0 Å². The van der Waals surface area contributed by atoms with Crippen LogP contribution < -0.4 is 0 Å². The Labute approximate surface area is 375 Å². The molecule has 6 heteroatoms. The standard InChI is InChI=1S/C58H34N4S2/c1-3-14-36(15-4-1)54-34-47-57(64-54)56(39-26-30-53-45(33-39)43-20-10-12-22-52(43)63-53)60-58(59-47)62-50-28-25-38(32-46(50)55-41-18-8-7-13-35(41)23-29-51(55)62)37-24-27-49-44(31-37)42-19-9-11-21-48(42)61(49)40-16-5-2-6-17-40/h1-34H. The second-order valence-electron chi connectivity index (χ2n) is 16.5. The summed E-state index contributed by atoms with van der Waals surface area (Å²) in [6.07, 6.45) is 0. The summed E-state index contributed by atoms with van der Waals surface area (Å²) in [4.78, 5) is 12.2. The van der Waals surface area contributed by atoms with Crippen LogP contribution in [0.4, 0.5) is 0 Å². The first kappa shape index (κ1) is 35.7. The van der Waals surface area contributed by atoms with Gasteiger partial charge in [0.05, 0.1) is 38.0 Å². The van der Waals surface area contributed by atoms with E-state index in [1.165, 1.54) is 79.5 Å². The molecule has 0 atom stereocenters. The molecule has 5 heterocycles. The molecule has 0 radical (unpaired) electrons. The van der Waals surface area contributed by atoms with Gasteiger partial charge >= 0.3 is 0 Å². The van der Waals surface area contributed by atoms with Crippen LogP contribution in [-0.4, -0.2) is 19.1 Å². The summed E-state index contributed by atoms with van der Waals surface area (Å²) in [5.74, 6) is 0.661. The number of thiophene rings is 2. The van der Waals surface area contributed by atoms with Crippen molar-refractivity contribution in [2.45, 2.75) is 0 Å². The number of hydrogen-bond acceptors (Lipinski definition) is 4. The third kappa shape index (κ3) is 5.33. The van der Waals surface area contributed by atoms with Gasteiger partial charge in [-0.2, -0.15) is 0 Å². The van der Waals surface area contributed by atoms with E-state index in [0.29, 0.717) is 5.95 Å². The van der Waals surface area contributed by atoms with Crippen molar-refractivity contribution in [2.24, 2.45) is 0 Å². The lowest BCUT2D eigenvalue weighted by atomic mass is 9.99. The maximum Gasteiger partial charge on any atom is 0.235 e. The van der Waals surface area contributed by atoms with Gasteiger partial charge in [0.2, 0.25) is 5.95 Å². The van der Waals surface area contributed by atoms with E-state index in [-0.39, 0.29) is 0 Å². The Kier molecular flexibility index (Phi) is 7.69. The minimum absolute atomic E-state index is 0.661. The van der Waals surface area contributed by atoms with E-state index >= 15 is 0 Å². The average molecular weight is 851 g/mol. The molecule has 0 saturated heterocycles. The first-order valence-electron chi connectivity index (χ1n) is 21.6. The SMILES string of the molecule is c1ccc(-c2cc3nc(-n4c5ccc(-c6ccc7c(c6)c6ccccc6n7-c6ccccc6)cc5c5c6ccccc6ccc54)nc(-c4ccc5sc6ccccc6c5c4)c3s2)cc1. The summed E-state index contributed by atoms with van der Waals surface area (Å²) in [6, 6.07) is 74.9. The Morgan fingerprint density at radius 2 is 0.984 bits per heavy atom. The van der Waals surface area contributed by atoms with Crippen LogP contribution in [0.15, 0.2) is 206 Å². The zero-order chi connectivity index (χ0) is 41.9. The monoisotopic (exact) mass is 850 g/mol. The molecule has 0 saturated carbocycles. The van der Waals surface area contributed by atoms with Gasteiger partial charge in [-0.25, -0.2) is 9.97 Å². The number of rotatable bonds is 5. The molecule has 0 fully saturated rings. The second kappa shape index (κ2) is 13.8. The molecule has 0 amide bonds. The van der Waals surface area contributed by atoms with Crippen molar-refractivity contribution in [1.82, 2.24) is 19.1 Å². The molecule has 0 unspecified atom stereocenters. The third-order valence-electron chi connectivity index (χ3n) is 12.9. The normalized spacial score (nSPS) is 12.1. The van der Waals surface area contributed by atoms with Gasteiger partial charge in [0.1, 0.15) is 0 Å². The lowest BCUT2D eigenvalue weighted by Gasteiger charge is -2.11. The Morgan fingerprint density at radius 1 is 0.359 bits per heavy atom. The quantitative estimate of drug-likeness (QED) is 0.173. The number of hydrogen-bond donors (Lipinski definition) is 0. The van der Waals surface area contributed by atoms with Gasteiger partial charge in [-0.3, -0.25) is 4.57 Å². The molecule has 0 aliphatic heterocycles. The fourth-order valence-corrected chi connectivity index (χ4v) is 12.2. The molecule has 0 bridgehead atoms. The highest BCUT2D eigenvalue weighted by molar-refractivity contribution is 7.25. The number of aromatic nitrogens is 4. The maximum atomic E-state index is 5.61. The molecule has 9 aromatic carbocycles. The maximum absolute atomic E-state index is 5.61. The molecule has 0 spiro atoms. The predicted molar refractivity (Wildman–Crippen MR) is 273 cm³/mol. The lowest BCUT2D eigenvalue weighted by molar-refractivity contribution is 1.02. The Hall–Kier alpha value is -7.90. The molecular formula is C58H34N4S2. The van der Waals surface area contributed by atoms with Crippen molar-refractivity contribution in [2.75, 3.05) is 0 Å². The zero-order valence-corrected chi connectivity index (χ0v) is 35.9. The van der Waals surface area contributed by atoms with E-state index < -0.39 is 0 Å². The minimum atomic E-state index is 0.661. The summed E-state index contributed by atoms with van der Waals surface area (Å²) < 4.78 is 8.32. The van der Waals surface area contributed by atoms with Crippen molar-refractivity contribution in [3.8, 4) is 44.5 Å². The molecule has 0 N–H and O–H groups in total. The van der Waals surface area contributed by atoms with Gasteiger partial charge in [0.15, 0.2) is 0 Å². The average Bonchev–Trinajstić information content (AvgIpc) is 4.13. The van der Waals surface area contributed by atoms with Crippen LogP contribution in [0, 0.1) is 0 Å². The van der Waals surface area contributed by atoms with E-state index in [4.69, 9.17) is 9.97 Å². The summed E-state index contributed by atoms with van der Waals surface area (Å²) >= 11 is 3.61. The summed E-state index contributed by atoms with van der Waals surface area (Å²) in [6.45, 7) is 0. The van der Waals surface area contributed by atoms with Gasteiger partial charge in [0, 0.05) is 57.8 Å². The molecule has 0 aliphatic rings. The smallest absolute Gasteiger partial charge is 0.235 e. The van der Waals surface area contributed by atoms with Gasteiger partial charge in [-0.05, 0) is 100 Å². The summed E-state index contributed by atoms with van der Waals surface area (Å²) in [5, 5.41) is 9.78. The minimum Gasteiger partial charge on any atom is -0.309 e. The molecule has 14 rings (SSSR count). The molecular weight excluding hydrogens is 817 g/mol. The Morgan fingerprint density at radius 3 is 1.83 bits per heavy atom. The van der Waals surface area contributed by atoms with Crippen LogP contribution in [0.1, 0.15) is 0 Å². The molecule has 0 aliphatic carbocycles. The number of fused-ring (bicyclic) bond motifs is 12. The lowest BCUT2D eigenvalue weighted by Crippen LogP contribution is -2.02. The van der Waals surface area contributed by atoms with Gasteiger partial charge in [-0.15, -0.1) is 22.7 Å². The third-order valence-corrected chi connectivity index (χ3v) is 15.3. The van der Waals surface area contributed by atoms with Crippen LogP contribution >= 0.6 is 22.7 Å². The van der Waals surface area contributed by atoms with Crippen molar-refractivity contribution < 1.29 is 0 Å². The molecule has 64 heavy (non-hydrogen) atoms. The largest absolute Gasteiger partial charge is 0.309 e. The molecule has 14 aromatic rings. The van der Waals surface area contributed by atoms with E-state index in [2.05, 4.69) is 215 Å². The topological polar surface area (TPSA) is 35.6 Å². The molecule has 298 valence electrons. The Balaban J connectivity index is 1.01. The van der Waals surface area contributed by atoms with Crippen molar-refractivity contribution >= 4 is 107 Å². The van der Waals surface area contributed by atoms with Crippen LogP contribution in [-0.2, 0) is 0 Å². The van der Waals surface area contributed by atoms with Crippen molar-refractivity contribution in [1.29, 1.82) is 0 Å². The molecule has 5 aromatic heterocycles. The van der Waals surface area contributed by atoms with E-state index in [1.807, 2.05) is 11.3 Å². The van der Waals surface area contributed by atoms with Crippen molar-refractivity contribution in [3.05, 3.63) is 206 Å². The number of para-hydroxylation sites is 2. The zero-order valence-electron chi connectivity index (χ0n) is 34.2. The van der Waals surface area contributed by atoms with Gasteiger partial charge in [0.25, 0.3) is 0 Å². The first-order valence-corrected chi connectivity index (χ1v) is 23.2. The van der Waals surface area contributed by atoms with Crippen LogP contribution in [0.2, 0.25) is 0 Å². The summed E-state index contributed by atoms with van der Waals surface area (Å²) in [7, 11) is 0. The molecule has 4 nitrogen and oxygen atoms in total. The van der Waals surface area contributed by atoms with Crippen LogP contribution in [0.5, 0.6) is 0 Å².